The maximum atomic E-state index is 13.4. The van der Waals surface area contributed by atoms with Crippen molar-refractivity contribution in [1.82, 2.24) is 0 Å². The predicted octanol–water partition coefficient (Wildman–Crippen LogP) is 4.02. The van der Waals surface area contributed by atoms with E-state index in [0.29, 0.717) is 10.2 Å². The van der Waals surface area contributed by atoms with Crippen LogP contribution >= 0.6 is 25.2 Å². The lowest BCUT2D eigenvalue weighted by Gasteiger charge is -2.08. The van der Waals surface area contributed by atoms with Crippen molar-refractivity contribution < 1.29 is 13.5 Å². The molecule has 0 aliphatic rings. The van der Waals surface area contributed by atoms with Gasteiger partial charge in [0, 0.05) is 4.47 Å². The predicted molar refractivity (Wildman–Crippen MR) is 69.9 cm³/mol. The summed E-state index contributed by atoms with van der Waals surface area (Å²) in [5.41, 5.74) is 0. The van der Waals surface area contributed by atoms with Crippen molar-refractivity contribution in [2.24, 2.45) is 0 Å². The molecule has 0 radical (unpaired) electrons. The summed E-state index contributed by atoms with van der Waals surface area (Å²) in [6.07, 6.45) is 0. The molecular formula is C12H8BrF2OP. The zero-order chi connectivity index (χ0) is 12.4. The Balaban J connectivity index is 2.36. The normalized spacial score (nSPS) is 10.4. The molecule has 0 aliphatic heterocycles. The molecule has 0 bridgehead atoms. The van der Waals surface area contributed by atoms with Crippen molar-refractivity contribution in [3.63, 3.8) is 0 Å². The molecule has 0 heterocycles. The van der Waals surface area contributed by atoms with E-state index in [0.717, 1.165) is 11.4 Å². The highest BCUT2D eigenvalue weighted by Crippen LogP contribution is 2.29. The number of ether oxygens (including phenoxy) is 1. The maximum absolute atomic E-state index is 13.4. The van der Waals surface area contributed by atoms with Gasteiger partial charge >= 0.3 is 0 Å². The minimum absolute atomic E-state index is 0.146. The number of hydrogen-bond acceptors (Lipinski definition) is 1. The van der Waals surface area contributed by atoms with Crippen LogP contribution in [0.1, 0.15) is 0 Å². The van der Waals surface area contributed by atoms with E-state index in [9.17, 15) is 8.78 Å². The summed E-state index contributed by atoms with van der Waals surface area (Å²) >= 11 is 3.08. The van der Waals surface area contributed by atoms with E-state index >= 15 is 0 Å². The molecule has 1 atom stereocenters. The van der Waals surface area contributed by atoms with Gasteiger partial charge in [-0.1, -0.05) is 28.1 Å². The van der Waals surface area contributed by atoms with Crippen LogP contribution in [0.5, 0.6) is 11.5 Å². The van der Waals surface area contributed by atoms with Crippen LogP contribution in [0.4, 0.5) is 8.78 Å². The summed E-state index contributed by atoms with van der Waals surface area (Å²) in [6.45, 7) is 0. The van der Waals surface area contributed by atoms with Crippen LogP contribution < -0.4 is 10.0 Å². The first-order valence-corrected chi connectivity index (χ1v) is 6.11. The molecular weight excluding hydrogens is 309 g/mol. The lowest BCUT2D eigenvalue weighted by molar-refractivity contribution is 0.415. The highest BCUT2D eigenvalue weighted by molar-refractivity contribution is 9.10. The van der Waals surface area contributed by atoms with Crippen LogP contribution in [0.25, 0.3) is 0 Å². The molecule has 88 valence electrons. The lowest BCUT2D eigenvalue weighted by atomic mass is 10.3. The van der Waals surface area contributed by atoms with Crippen molar-refractivity contribution in [1.29, 1.82) is 0 Å². The summed E-state index contributed by atoms with van der Waals surface area (Å²) in [7, 11) is 2.50. The maximum Gasteiger partial charge on any atom is 0.201 e. The fourth-order valence-corrected chi connectivity index (χ4v) is 2.00. The molecule has 1 nitrogen and oxygen atoms in total. The molecule has 0 fully saturated rings. The number of rotatable bonds is 2. The highest BCUT2D eigenvalue weighted by atomic mass is 79.9. The third-order valence-corrected chi connectivity index (χ3v) is 2.86. The highest BCUT2D eigenvalue weighted by Gasteiger charge is 2.12. The molecule has 0 aliphatic carbocycles. The monoisotopic (exact) mass is 316 g/mol. The Morgan fingerprint density at radius 3 is 2.59 bits per heavy atom. The third kappa shape index (κ3) is 3.02. The van der Waals surface area contributed by atoms with Crippen LogP contribution in [0.2, 0.25) is 0 Å². The van der Waals surface area contributed by atoms with Gasteiger partial charge in [0.15, 0.2) is 11.6 Å². The average molecular weight is 317 g/mol. The van der Waals surface area contributed by atoms with Gasteiger partial charge < -0.3 is 4.74 Å². The standard InChI is InChI=1S/C12H8BrF2OP/c13-7-4-10(14)12(15)11(5-7)16-8-2-1-3-9(17)6-8/h1-6H,17H2. The van der Waals surface area contributed by atoms with Crippen molar-refractivity contribution in [3.8, 4) is 11.5 Å². The first kappa shape index (κ1) is 12.5. The Kier molecular flexibility index (Phi) is 3.75. The fraction of sp³-hybridized carbons (Fsp3) is 0. The molecule has 17 heavy (non-hydrogen) atoms. The Morgan fingerprint density at radius 1 is 1.12 bits per heavy atom. The zero-order valence-electron chi connectivity index (χ0n) is 8.58. The second kappa shape index (κ2) is 5.11. The second-order valence-corrected chi connectivity index (χ2v) is 4.96. The van der Waals surface area contributed by atoms with Gasteiger partial charge in [-0.2, -0.15) is 4.39 Å². The summed E-state index contributed by atoms with van der Waals surface area (Å²) in [5, 5.41) is 0.901. The minimum atomic E-state index is -0.998. The number of hydrogen-bond donors (Lipinski definition) is 0. The molecule has 0 saturated heterocycles. The van der Waals surface area contributed by atoms with E-state index in [1.807, 2.05) is 6.07 Å². The van der Waals surface area contributed by atoms with Gasteiger partial charge in [0.1, 0.15) is 5.75 Å². The van der Waals surface area contributed by atoms with Crippen LogP contribution in [0.15, 0.2) is 40.9 Å². The van der Waals surface area contributed by atoms with E-state index < -0.39 is 11.6 Å². The smallest absolute Gasteiger partial charge is 0.201 e. The Morgan fingerprint density at radius 2 is 1.88 bits per heavy atom. The minimum Gasteiger partial charge on any atom is -0.454 e. The van der Waals surface area contributed by atoms with Gasteiger partial charge in [-0.3, -0.25) is 0 Å². The van der Waals surface area contributed by atoms with Crippen LogP contribution in [0.3, 0.4) is 0 Å². The van der Waals surface area contributed by atoms with Gasteiger partial charge in [-0.15, -0.1) is 9.24 Å². The van der Waals surface area contributed by atoms with Crippen molar-refractivity contribution >= 4 is 30.5 Å². The molecule has 0 N–H and O–H groups in total. The second-order valence-electron chi connectivity index (χ2n) is 3.37. The van der Waals surface area contributed by atoms with E-state index in [1.54, 1.807) is 18.2 Å². The topological polar surface area (TPSA) is 9.23 Å². The van der Waals surface area contributed by atoms with Crippen LogP contribution in [0, 0.1) is 11.6 Å². The van der Waals surface area contributed by atoms with E-state index in [4.69, 9.17) is 4.74 Å². The van der Waals surface area contributed by atoms with Gasteiger partial charge in [-0.25, -0.2) is 4.39 Å². The summed E-state index contributed by atoms with van der Waals surface area (Å²) in [4.78, 5) is 0. The summed E-state index contributed by atoms with van der Waals surface area (Å²) in [5.74, 6) is -1.64. The molecule has 2 aromatic carbocycles. The molecule has 2 aromatic rings. The van der Waals surface area contributed by atoms with Crippen molar-refractivity contribution in [2.75, 3.05) is 0 Å². The van der Waals surface area contributed by atoms with E-state index in [2.05, 4.69) is 25.2 Å². The van der Waals surface area contributed by atoms with Gasteiger partial charge in [0.2, 0.25) is 5.82 Å². The Bertz CT molecular complexity index is 560. The molecule has 0 saturated carbocycles. The molecule has 5 heteroatoms. The zero-order valence-corrected chi connectivity index (χ0v) is 11.3. The SMILES string of the molecule is Fc1cc(Br)cc(Oc2cccc(P)c2)c1F. The van der Waals surface area contributed by atoms with Crippen LogP contribution in [-0.2, 0) is 0 Å². The third-order valence-electron chi connectivity index (χ3n) is 2.05. The summed E-state index contributed by atoms with van der Waals surface area (Å²) < 4.78 is 32.3. The first-order chi connectivity index (χ1) is 8.06. The van der Waals surface area contributed by atoms with Crippen molar-refractivity contribution in [2.45, 2.75) is 0 Å². The molecule has 0 aromatic heterocycles. The quantitative estimate of drug-likeness (QED) is 0.600. The summed E-state index contributed by atoms with van der Waals surface area (Å²) in [6, 6.07) is 9.44. The largest absolute Gasteiger partial charge is 0.454 e. The molecule has 0 amide bonds. The molecule has 1 unspecified atom stereocenters. The van der Waals surface area contributed by atoms with Gasteiger partial charge in [0.25, 0.3) is 0 Å². The van der Waals surface area contributed by atoms with E-state index in [-0.39, 0.29) is 5.75 Å². The van der Waals surface area contributed by atoms with Gasteiger partial charge in [-0.05, 0) is 29.6 Å². The fourth-order valence-electron chi connectivity index (χ4n) is 1.31. The molecule has 2 rings (SSSR count). The number of halogens is 3. The van der Waals surface area contributed by atoms with E-state index in [1.165, 1.54) is 6.07 Å². The Hall–Kier alpha value is -0.990. The van der Waals surface area contributed by atoms with Crippen molar-refractivity contribution in [3.05, 3.63) is 52.5 Å². The van der Waals surface area contributed by atoms with Gasteiger partial charge in [0.05, 0.1) is 0 Å². The molecule has 0 spiro atoms. The number of benzene rings is 2. The first-order valence-electron chi connectivity index (χ1n) is 4.74. The average Bonchev–Trinajstić information content (AvgIpc) is 2.25. The Labute approximate surface area is 108 Å². The van der Waals surface area contributed by atoms with Crippen LogP contribution in [-0.4, -0.2) is 0 Å². The lowest BCUT2D eigenvalue weighted by Crippen LogP contribution is -1.95.